The lowest BCUT2D eigenvalue weighted by Crippen LogP contribution is -2.45. The molecule has 6 heteroatoms. The van der Waals surface area contributed by atoms with E-state index in [1.54, 1.807) is 0 Å². The number of rotatable bonds is 6. The largest absolute Gasteiger partial charge is 0.481 e. The lowest BCUT2D eigenvalue weighted by atomic mass is 9.87. The van der Waals surface area contributed by atoms with Crippen molar-refractivity contribution < 1.29 is 30.4 Å². The summed E-state index contributed by atoms with van der Waals surface area (Å²) >= 11 is 0. The minimum Gasteiger partial charge on any atom is -0.481 e. The molecule has 0 heterocycles. The lowest BCUT2D eigenvalue weighted by Gasteiger charge is -2.26. The Bertz CT molecular complexity index is 372. The molecular formula is C9H17NO5. The molecule has 0 unspecified atom stereocenters. The van der Waals surface area contributed by atoms with E-state index in [1.165, 1.54) is 19.2 Å². The first-order valence-electron chi connectivity index (χ1n) is 6.14. The van der Waals surface area contributed by atoms with E-state index in [1.807, 2.05) is 0 Å². The molecule has 0 rings (SSSR count). The number of amides is 1. The number of aliphatic hydroxyl groups excluding tert-OH is 2. The van der Waals surface area contributed by atoms with Gasteiger partial charge in [-0.15, -0.1) is 0 Å². The molecule has 4 N–H and O–H groups in total. The number of carbonyl (C=O) groups excluding carboxylic acids is 1. The Morgan fingerprint density at radius 1 is 1.53 bits per heavy atom. The molecule has 1 atom stereocenters. The van der Waals surface area contributed by atoms with Gasteiger partial charge in [-0.05, 0) is 0 Å². The Balaban J connectivity index is 5.06. The molecule has 1 amide bonds. The first-order valence-corrected chi connectivity index (χ1v) is 4.14. The molecule has 0 spiro atoms. The second-order valence-corrected chi connectivity index (χ2v) is 3.59. The van der Waals surface area contributed by atoms with Crippen LogP contribution >= 0.6 is 0 Å². The van der Waals surface area contributed by atoms with Crippen molar-refractivity contribution in [1.82, 2.24) is 5.32 Å². The zero-order valence-electron chi connectivity index (χ0n) is 12.4. The van der Waals surface area contributed by atoms with Crippen molar-refractivity contribution in [1.29, 1.82) is 0 Å². The highest BCUT2D eigenvalue weighted by Crippen LogP contribution is 2.19. The molecule has 6 nitrogen and oxygen atoms in total. The van der Waals surface area contributed by atoms with Crippen LogP contribution < -0.4 is 5.32 Å². The topological polar surface area (TPSA) is 107 Å². The summed E-state index contributed by atoms with van der Waals surface area (Å²) in [6, 6.07) is 0. The van der Waals surface area contributed by atoms with Crippen LogP contribution in [0.5, 0.6) is 0 Å². The van der Waals surface area contributed by atoms with Gasteiger partial charge in [0.2, 0.25) is 5.91 Å². The fourth-order valence-electron chi connectivity index (χ4n) is 0.656. The molecule has 0 aromatic rings. The molecule has 0 aliphatic rings. The highest BCUT2D eigenvalue weighted by atomic mass is 16.4. The zero-order valence-corrected chi connectivity index (χ0v) is 8.44. The van der Waals surface area contributed by atoms with Gasteiger partial charge < -0.3 is 20.6 Å². The molecule has 0 bridgehead atoms. The highest BCUT2D eigenvalue weighted by Gasteiger charge is 2.32. The van der Waals surface area contributed by atoms with Gasteiger partial charge in [-0.1, -0.05) is 13.8 Å². The Hall–Kier alpha value is -1.14. The maximum atomic E-state index is 11.6. The van der Waals surface area contributed by atoms with Crippen LogP contribution in [0.4, 0.5) is 0 Å². The fourth-order valence-corrected chi connectivity index (χ4v) is 0.656. The Kier molecular flexibility index (Phi) is 3.05. The van der Waals surface area contributed by atoms with Crippen LogP contribution in [-0.4, -0.2) is 46.4 Å². The summed E-state index contributed by atoms with van der Waals surface area (Å²) in [5.41, 5.74) is -1.28. The van der Waals surface area contributed by atoms with Crippen molar-refractivity contribution in [2.75, 3.05) is 13.1 Å². The van der Waals surface area contributed by atoms with Crippen LogP contribution in [0.1, 0.15) is 25.7 Å². The van der Waals surface area contributed by atoms with E-state index in [9.17, 15) is 14.7 Å². The monoisotopic (exact) mass is 223 g/mol. The van der Waals surface area contributed by atoms with Crippen LogP contribution in [0, 0.1) is 5.41 Å². The van der Waals surface area contributed by atoms with Gasteiger partial charge in [-0.2, -0.15) is 0 Å². The molecule has 0 aliphatic carbocycles. The second-order valence-electron chi connectivity index (χ2n) is 3.59. The zero-order chi connectivity index (χ0) is 15.6. The van der Waals surface area contributed by atoms with Gasteiger partial charge in [0.15, 0.2) is 0 Å². The van der Waals surface area contributed by atoms with Gasteiger partial charge in [-0.25, -0.2) is 0 Å². The van der Waals surface area contributed by atoms with E-state index < -0.39 is 42.9 Å². The van der Waals surface area contributed by atoms with Crippen LogP contribution in [0.3, 0.4) is 0 Å². The van der Waals surface area contributed by atoms with E-state index in [2.05, 4.69) is 0 Å². The van der Waals surface area contributed by atoms with Crippen LogP contribution in [-0.2, 0) is 9.59 Å². The molecule has 0 saturated heterocycles. The smallest absolute Gasteiger partial charge is 0.305 e. The molecule has 88 valence electrons. The van der Waals surface area contributed by atoms with Gasteiger partial charge in [-0.3, -0.25) is 9.59 Å². The summed E-state index contributed by atoms with van der Waals surface area (Å²) < 4.78 is 28.6. The third-order valence-corrected chi connectivity index (χ3v) is 1.75. The minimum atomic E-state index is -3.37. The lowest BCUT2D eigenvalue weighted by molar-refractivity contribution is -0.138. The predicted octanol–water partition coefficient (Wildman–Crippen LogP) is -1.04. The van der Waals surface area contributed by atoms with Crippen LogP contribution in [0.15, 0.2) is 0 Å². The van der Waals surface area contributed by atoms with Crippen molar-refractivity contribution >= 4 is 11.9 Å². The number of carbonyl (C=O) groups is 2. The van der Waals surface area contributed by atoms with E-state index in [-0.39, 0.29) is 0 Å². The van der Waals surface area contributed by atoms with Gasteiger partial charge in [0, 0.05) is 17.4 Å². The number of carboxylic acid groups (broad SMARTS) is 1. The molecule has 0 radical (unpaired) electrons. The number of aliphatic carboxylic acids is 1. The summed E-state index contributed by atoms with van der Waals surface area (Å²) in [5, 5.41) is 28.6. The van der Waals surface area contributed by atoms with Crippen molar-refractivity contribution in [2.24, 2.45) is 5.41 Å². The SMILES string of the molecule is [2H]C([2H])(NC(=O)[C@H](O)C(C)(C)CO)C([2H])([2H])C(=O)O. The van der Waals surface area contributed by atoms with E-state index in [0.29, 0.717) is 0 Å². The second kappa shape index (κ2) is 5.67. The predicted molar refractivity (Wildman–Crippen MR) is 52.1 cm³/mol. The quantitative estimate of drug-likeness (QED) is 0.460. The first-order chi connectivity index (χ1) is 8.29. The number of hydrogen-bond acceptors (Lipinski definition) is 4. The maximum absolute atomic E-state index is 11.6. The average Bonchev–Trinajstić information content (AvgIpc) is 2.26. The normalized spacial score (nSPS) is 19.2. The Morgan fingerprint density at radius 2 is 2.07 bits per heavy atom. The first kappa shape index (κ1) is 8.06. The van der Waals surface area contributed by atoms with Crippen molar-refractivity contribution in [2.45, 2.75) is 26.3 Å². The molecule has 0 fully saturated rings. The van der Waals surface area contributed by atoms with Gasteiger partial charge in [0.05, 0.1) is 13.0 Å². The average molecular weight is 223 g/mol. The Labute approximate surface area is 93.5 Å². The summed E-state index contributed by atoms with van der Waals surface area (Å²) in [7, 11) is 0. The van der Waals surface area contributed by atoms with E-state index in [0.717, 1.165) is 0 Å². The van der Waals surface area contributed by atoms with E-state index in [4.69, 9.17) is 15.7 Å². The summed E-state index contributed by atoms with van der Waals surface area (Å²) in [4.78, 5) is 22.2. The van der Waals surface area contributed by atoms with Gasteiger partial charge >= 0.3 is 5.97 Å². The molecule has 0 aromatic carbocycles. The van der Waals surface area contributed by atoms with Crippen molar-refractivity contribution in [3.8, 4) is 0 Å². The fraction of sp³-hybridized carbons (Fsp3) is 0.778. The van der Waals surface area contributed by atoms with Crippen LogP contribution in [0.2, 0.25) is 0 Å². The maximum Gasteiger partial charge on any atom is 0.305 e. The summed E-state index contributed by atoms with van der Waals surface area (Å²) in [6.45, 7) is -1.13. The molecule has 0 saturated carbocycles. The number of carboxylic acids is 1. The van der Waals surface area contributed by atoms with Crippen molar-refractivity contribution in [3.05, 3.63) is 0 Å². The third kappa shape index (κ3) is 4.75. The standard InChI is InChI=1S/C9H17NO5/c1-9(2,5-11)7(14)8(15)10-4-3-6(12)13/h7,11,14H,3-5H2,1-2H3,(H,10,15)(H,12,13)/t7-/m0/s1/i3D2,4D2. The van der Waals surface area contributed by atoms with Crippen LogP contribution in [0.25, 0.3) is 0 Å². The van der Waals surface area contributed by atoms with Gasteiger partial charge in [0.1, 0.15) is 6.10 Å². The minimum absolute atomic E-state index is 0.573. The molecule has 0 aromatic heterocycles. The molecule has 0 aliphatic heterocycles. The van der Waals surface area contributed by atoms with Crippen molar-refractivity contribution in [3.63, 3.8) is 0 Å². The van der Waals surface area contributed by atoms with Gasteiger partial charge in [0.25, 0.3) is 0 Å². The number of aliphatic hydroxyl groups is 2. The third-order valence-electron chi connectivity index (χ3n) is 1.75. The number of nitrogens with one attached hydrogen (secondary N) is 1. The summed E-state index contributed by atoms with van der Waals surface area (Å²) in [5.74, 6) is -3.40. The summed E-state index contributed by atoms with van der Waals surface area (Å²) in [6.07, 6.45) is -5.19. The molecular weight excluding hydrogens is 202 g/mol. The molecule has 15 heavy (non-hydrogen) atoms. The Morgan fingerprint density at radius 3 is 2.47 bits per heavy atom. The highest BCUT2D eigenvalue weighted by molar-refractivity contribution is 5.81. The van der Waals surface area contributed by atoms with E-state index >= 15 is 0 Å². The number of hydrogen-bond donors (Lipinski definition) is 4.